The number of amides is 2. The highest BCUT2D eigenvalue weighted by Gasteiger charge is 2.21. The number of nitrogens with one attached hydrogen (secondary N) is 1. The maximum absolute atomic E-state index is 12.3. The van der Waals surface area contributed by atoms with Crippen LogP contribution in [0.25, 0.3) is 0 Å². The Hall–Kier alpha value is -2.61. The molecular weight excluding hydrogens is 344 g/mol. The number of carboxylic acids is 1. The zero-order chi connectivity index (χ0) is 17.8. The number of carboxylic acid groups (broad SMARTS) is 1. The van der Waals surface area contributed by atoms with Gasteiger partial charge in [0, 0.05) is 30.8 Å². The van der Waals surface area contributed by atoms with Crippen molar-refractivity contribution in [2.45, 2.75) is 32.4 Å². The van der Waals surface area contributed by atoms with Crippen molar-refractivity contribution in [1.82, 2.24) is 10.2 Å². The van der Waals surface area contributed by atoms with Gasteiger partial charge in [-0.15, -0.1) is 11.3 Å². The van der Waals surface area contributed by atoms with Crippen LogP contribution < -0.4 is 5.32 Å². The van der Waals surface area contributed by atoms with E-state index in [2.05, 4.69) is 5.32 Å². The predicted molar refractivity (Wildman–Crippen MR) is 90.2 cm³/mol. The van der Waals surface area contributed by atoms with Gasteiger partial charge in [0.05, 0.1) is 6.54 Å². The van der Waals surface area contributed by atoms with Gasteiger partial charge in [-0.05, 0) is 35.6 Å². The third kappa shape index (κ3) is 4.27. The molecule has 132 valence electrons. The van der Waals surface area contributed by atoms with E-state index in [0.717, 1.165) is 6.42 Å². The molecule has 2 aromatic heterocycles. The lowest BCUT2D eigenvalue weighted by Crippen LogP contribution is -2.36. The molecule has 0 bridgehead atoms. The minimum absolute atomic E-state index is 0.0295. The van der Waals surface area contributed by atoms with E-state index in [1.54, 1.807) is 16.2 Å². The Labute approximate surface area is 148 Å². The van der Waals surface area contributed by atoms with Gasteiger partial charge in [0.25, 0.3) is 0 Å². The number of thiophene rings is 1. The summed E-state index contributed by atoms with van der Waals surface area (Å²) in [5.41, 5.74) is 1.20. The first-order chi connectivity index (χ1) is 12.0. The normalized spacial score (nSPS) is 13.4. The molecule has 0 radical (unpaired) electrons. The van der Waals surface area contributed by atoms with Gasteiger partial charge in [-0.25, -0.2) is 4.79 Å². The Kier molecular flexibility index (Phi) is 5.18. The summed E-state index contributed by atoms with van der Waals surface area (Å²) >= 11 is 1.72. The summed E-state index contributed by atoms with van der Waals surface area (Å²) in [6.45, 7) is 1.41. The molecule has 7 nitrogen and oxygen atoms in total. The lowest BCUT2D eigenvalue weighted by Gasteiger charge is -2.27. The van der Waals surface area contributed by atoms with E-state index in [1.165, 1.54) is 22.6 Å². The number of nitrogens with zero attached hydrogens (tertiary/aromatic N) is 1. The van der Waals surface area contributed by atoms with E-state index >= 15 is 0 Å². The van der Waals surface area contributed by atoms with Crippen LogP contribution in [-0.4, -0.2) is 34.3 Å². The second kappa shape index (κ2) is 7.52. The number of aromatic carboxylic acids is 1. The van der Waals surface area contributed by atoms with E-state index < -0.39 is 5.97 Å². The van der Waals surface area contributed by atoms with Crippen molar-refractivity contribution in [2.75, 3.05) is 6.54 Å². The maximum Gasteiger partial charge on any atom is 0.371 e. The molecule has 0 saturated heterocycles. The van der Waals surface area contributed by atoms with Crippen LogP contribution in [0.15, 0.2) is 28.0 Å². The number of fused-ring (bicyclic) bond motifs is 1. The lowest BCUT2D eigenvalue weighted by molar-refractivity contribution is -0.134. The van der Waals surface area contributed by atoms with E-state index in [4.69, 9.17) is 9.52 Å². The zero-order valence-electron chi connectivity index (χ0n) is 13.5. The third-order valence-corrected chi connectivity index (χ3v) is 5.08. The van der Waals surface area contributed by atoms with Crippen molar-refractivity contribution < 1.29 is 23.9 Å². The van der Waals surface area contributed by atoms with Crippen LogP contribution >= 0.6 is 11.3 Å². The van der Waals surface area contributed by atoms with Crippen molar-refractivity contribution in [3.8, 4) is 0 Å². The molecule has 3 heterocycles. The van der Waals surface area contributed by atoms with Gasteiger partial charge >= 0.3 is 5.97 Å². The van der Waals surface area contributed by atoms with Crippen LogP contribution in [0.4, 0.5) is 0 Å². The quantitative estimate of drug-likeness (QED) is 0.819. The standard InChI is InChI=1S/C17H18N2O5S/c20-15(18-9-12-1-2-13(24-12)17(22)23)3-4-16(21)19-7-5-14-11(10-19)6-8-25-14/h1-2,6,8H,3-5,7,9-10H2,(H,18,20)(H,22,23). The average molecular weight is 362 g/mol. The van der Waals surface area contributed by atoms with E-state index in [-0.39, 0.29) is 37.0 Å². The van der Waals surface area contributed by atoms with Gasteiger partial charge in [0.1, 0.15) is 5.76 Å². The van der Waals surface area contributed by atoms with Crippen LogP contribution in [0, 0.1) is 0 Å². The highest BCUT2D eigenvalue weighted by Crippen LogP contribution is 2.24. The SMILES string of the molecule is O=C(CCC(=O)N1CCc2sccc2C1)NCc1ccc(C(=O)O)o1. The number of hydrogen-bond donors (Lipinski definition) is 2. The number of rotatable bonds is 6. The van der Waals surface area contributed by atoms with Gasteiger partial charge in [-0.3, -0.25) is 9.59 Å². The molecule has 1 aliphatic heterocycles. The summed E-state index contributed by atoms with van der Waals surface area (Å²) in [6, 6.07) is 4.88. The molecule has 0 aromatic carbocycles. The van der Waals surface area contributed by atoms with Crippen LogP contribution in [0.2, 0.25) is 0 Å². The predicted octanol–water partition coefficient (Wildman–Crippen LogP) is 2.02. The first-order valence-electron chi connectivity index (χ1n) is 7.94. The fourth-order valence-corrected chi connectivity index (χ4v) is 3.59. The smallest absolute Gasteiger partial charge is 0.371 e. The minimum atomic E-state index is -1.15. The topological polar surface area (TPSA) is 99.9 Å². The van der Waals surface area contributed by atoms with Crippen LogP contribution in [0.1, 0.15) is 39.6 Å². The summed E-state index contributed by atoms with van der Waals surface area (Å²) < 4.78 is 5.05. The Morgan fingerprint density at radius 3 is 2.84 bits per heavy atom. The average Bonchev–Trinajstić information content (AvgIpc) is 3.26. The molecule has 0 fully saturated rings. The Morgan fingerprint density at radius 2 is 2.08 bits per heavy atom. The molecule has 2 amide bonds. The van der Waals surface area contributed by atoms with Crippen LogP contribution in [-0.2, 0) is 29.1 Å². The zero-order valence-corrected chi connectivity index (χ0v) is 14.3. The van der Waals surface area contributed by atoms with E-state index in [1.807, 2.05) is 11.4 Å². The number of carbonyl (C=O) groups excluding carboxylic acids is 2. The van der Waals surface area contributed by atoms with E-state index in [0.29, 0.717) is 18.8 Å². The molecule has 0 spiro atoms. The monoisotopic (exact) mass is 362 g/mol. The molecule has 1 aliphatic rings. The van der Waals surface area contributed by atoms with Crippen molar-refractivity contribution in [1.29, 1.82) is 0 Å². The van der Waals surface area contributed by atoms with E-state index in [9.17, 15) is 14.4 Å². The fourth-order valence-electron chi connectivity index (χ4n) is 2.70. The molecule has 0 atom stereocenters. The maximum atomic E-state index is 12.3. The molecule has 2 N–H and O–H groups in total. The molecule has 25 heavy (non-hydrogen) atoms. The third-order valence-electron chi connectivity index (χ3n) is 4.06. The van der Waals surface area contributed by atoms with Gasteiger partial charge < -0.3 is 19.7 Å². The lowest BCUT2D eigenvalue weighted by atomic mass is 10.1. The highest BCUT2D eigenvalue weighted by molar-refractivity contribution is 7.10. The summed E-state index contributed by atoms with van der Waals surface area (Å²) in [5.74, 6) is -1.26. The Bertz CT molecular complexity index is 795. The van der Waals surface area contributed by atoms with Gasteiger partial charge in [0.15, 0.2) is 0 Å². The highest BCUT2D eigenvalue weighted by atomic mass is 32.1. The molecule has 3 rings (SSSR count). The first-order valence-corrected chi connectivity index (χ1v) is 8.82. The molecular formula is C17H18N2O5S. The number of carbonyl (C=O) groups is 3. The molecule has 2 aromatic rings. The second-order valence-corrected chi connectivity index (χ2v) is 6.78. The summed E-state index contributed by atoms with van der Waals surface area (Å²) in [4.78, 5) is 38.0. The van der Waals surface area contributed by atoms with Crippen molar-refractivity contribution in [3.63, 3.8) is 0 Å². The van der Waals surface area contributed by atoms with Crippen molar-refractivity contribution >= 4 is 29.1 Å². The molecule has 0 saturated carbocycles. The number of furan rings is 1. The number of hydrogen-bond acceptors (Lipinski definition) is 5. The largest absolute Gasteiger partial charge is 0.475 e. The Morgan fingerprint density at radius 1 is 1.24 bits per heavy atom. The van der Waals surface area contributed by atoms with Crippen molar-refractivity contribution in [2.24, 2.45) is 0 Å². The molecule has 0 unspecified atom stereocenters. The fraction of sp³-hybridized carbons (Fsp3) is 0.353. The second-order valence-electron chi connectivity index (χ2n) is 5.78. The molecule has 8 heteroatoms. The molecule has 0 aliphatic carbocycles. The van der Waals surface area contributed by atoms with Gasteiger partial charge in [-0.2, -0.15) is 0 Å². The van der Waals surface area contributed by atoms with Crippen LogP contribution in [0.5, 0.6) is 0 Å². The van der Waals surface area contributed by atoms with Crippen LogP contribution in [0.3, 0.4) is 0 Å². The first kappa shape index (κ1) is 17.2. The van der Waals surface area contributed by atoms with Gasteiger partial charge in [0.2, 0.25) is 17.6 Å². The Balaban J connectivity index is 1.41. The summed E-state index contributed by atoms with van der Waals surface area (Å²) in [7, 11) is 0. The van der Waals surface area contributed by atoms with Crippen molar-refractivity contribution in [3.05, 3.63) is 45.5 Å². The summed E-state index contributed by atoms with van der Waals surface area (Å²) in [5, 5.41) is 13.4. The minimum Gasteiger partial charge on any atom is -0.475 e. The van der Waals surface area contributed by atoms with Gasteiger partial charge in [-0.1, -0.05) is 0 Å². The summed E-state index contributed by atoms with van der Waals surface area (Å²) in [6.07, 6.45) is 1.12.